The second-order valence-corrected chi connectivity index (χ2v) is 6.81. The number of halogens is 2. The lowest BCUT2D eigenvalue weighted by atomic mass is 10.2. The fourth-order valence-corrected chi connectivity index (χ4v) is 3.71. The van der Waals surface area contributed by atoms with Crippen LogP contribution in [0.2, 0.25) is 5.02 Å². The fourth-order valence-electron chi connectivity index (χ4n) is 2.45. The lowest BCUT2D eigenvalue weighted by Gasteiger charge is -2.09. The van der Waals surface area contributed by atoms with Gasteiger partial charge in [0.15, 0.2) is 11.0 Å². The molecule has 1 heterocycles. The van der Waals surface area contributed by atoms with Crippen LogP contribution in [0.3, 0.4) is 0 Å². The maximum atomic E-state index is 13.2. The summed E-state index contributed by atoms with van der Waals surface area (Å²) in [6, 6.07) is 12.1. The Morgan fingerprint density at radius 2 is 2.12 bits per heavy atom. The molecule has 0 aliphatic carbocycles. The predicted molar refractivity (Wildman–Crippen MR) is 103 cm³/mol. The molecule has 4 nitrogen and oxygen atoms in total. The van der Waals surface area contributed by atoms with Crippen LogP contribution in [0, 0.1) is 5.82 Å². The second-order valence-electron chi connectivity index (χ2n) is 5.46. The van der Waals surface area contributed by atoms with Crippen LogP contribution in [-0.4, -0.2) is 21.9 Å². The van der Waals surface area contributed by atoms with Crippen molar-refractivity contribution in [2.24, 2.45) is 0 Å². The van der Waals surface area contributed by atoms with Crippen LogP contribution < -0.4 is 4.74 Å². The SMILES string of the molecule is C=CCn1c(SCc2ccc(F)cc2Cl)nnc1-c1cccc(OC)c1. The molecule has 26 heavy (non-hydrogen) atoms. The zero-order valence-electron chi connectivity index (χ0n) is 14.2. The van der Waals surface area contributed by atoms with E-state index in [0.717, 1.165) is 27.9 Å². The summed E-state index contributed by atoms with van der Waals surface area (Å²) in [5.74, 6) is 1.70. The van der Waals surface area contributed by atoms with Gasteiger partial charge in [-0.1, -0.05) is 47.6 Å². The van der Waals surface area contributed by atoms with Crippen LogP contribution >= 0.6 is 23.4 Å². The highest BCUT2D eigenvalue weighted by molar-refractivity contribution is 7.98. The Labute approximate surface area is 160 Å². The molecule has 3 rings (SSSR count). The number of hydrogen-bond donors (Lipinski definition) is 0. The number of aromatic nitrogens is 3. The van der Waals surface area contributed by atoms with Crippen molar-refractivity contribution >= 4 is 23.4 Å². The molecule has 3 aromatic rings. The molecule has 0 aliphatic rings. The van der Waals surface area contributed by atoms with Gasteiger partial charge in [-0.25, -0.2) is 4.39 Å². The van der Waals surface area contributed by atoms with Crippen molar-refractivity contribution in [1.82, 2.24) is 14.8 Å². The lowest BCUT2D eigenvalue weighted by Crippen LogP contribution is -2.01. The zero-order valence-corrected chi connectivity index (χ0v) is 15.7. The first kappa shape index (κ1) is 18.5. The van der Waals surface area contributed by atoms with E-state index in [1.165, 1.54) is 23.9 Å². The van der Waals surface area contributed by atoms with Crippen molar-refractivity contribution in [2.75, 3.05) is 7.11 Å². The highest BCUT2D eigenvalue weighted by Gasteiger charge is 2.15. The number of ether oxygens (including phenoxy) is 1. The first-order valence-electron chi connectivity index (χ1n) is 7.87. The van der Waals surface area contributed by atoms with E-state index in [2.05, 4.69) is 16.8 Å². The molecule has 0 radical (unpaired) electrons. The Kier molecular flexibility index (Phi) is 5.96. The smallest absolute Gasteiger partial charge is 0.192 e. The highest BCUT2D eigenvalue weighted by atomic mass is 35.5. The van der Waals surface area contributed by atoms with Gasteiger partial charge in [0.2, 0.25) is 0 Å². The largest absolute Gasteiger partial charge is 0.497 e. The highest BCUT2D eigenvalue weighted by Crippen LogP contribution is 2.30. The van der Waals surface area contributed by atoms with Gasteiger partial charge >= 0.3 is 0 Å². The fraction of sp³-hybridized carbons (Fsp3) is 0.158. The Balaban J connectivity index is 1.88. The molecule has 0 atom stereocenters. The number of rotatable bonds is 7. The summed E-state index contributed by atoms with van der Waals surface area (Å²) in [4.78, 5) is 0. The van der Waals surface area contributed by atoms with Crippen molar-refractivity contribution in [3.05, 3.63) is 71.5 Å². The van der Waals surface area contributed by atoms with E-state index >= 15 is 0 Å². The van der Waals surface area contributed by atoms with E-state index in [1.807, 2.05) is 28.8 Å². The van der Waals surface area contributed by atoms with Gasteiger partial charge in [-0.2, -0.15) is 0 Å². The Morgan fingerprint density at radius 3 is 2.85 bits per heavy atom. The standard InChI is InChI=1S/C19H17ClFN3OS/c1-3-9-24-18(13-5-4-6-16(10-13)25-2)22-23-19(24)26-12-14-7-8-15(21)11-17(14)20/h3-8,10-11H,1,9,12H2,2H3. The third-order valence-electron chi connectivity index (χ3n) is 3.73. The number of benzene rings is 2. The molecule has 2 aromatic carbocycles. The van der Waals surface area contributed by atoms with Gasteiger partial charge in [0, 0.05) is 22.9 Å². The minimum Gasteiger partial charge on any atom is -0.497 e. The second kappa shape index (κ2) is 8.38. The summed E-state index contributed by atoms with van der Waals surface area (Å²) in [6.45, 7) is 4.38. The van der Waals surface area contributed by atoms with E-state index in [0.29, 0.717) is 17.3 Å². The Hall–Kier alpha value is -2.31. The summed E-state index contributed by atoms with van der Waals surface area (Å²) in [6.07, 6.45) is 1.79. The van der Waals surface area contributed by atoms with Gasteiger partial charge in [-0.05, 0) is 29.8 Å². The molecule has 0 amide bonds. The average Bonchev–Trinajstić information content (AvgIpc) is 3.04. The lowest BCUT2D eigenvalue weighted by molar-refractivity contribution is 0.415. The minimum absolute atomic E-state index is 0.348. The molecule has 0 spiro atoms. The zero-order chi connectivity index (χ0) is 18.5. The number of hydrogen-bond acceptors (Lipinski definition) is 4. The summed E-state index contributed by atoms with van der Waals surface area (Å²) < 4.78 is 20.4. The Bertz CT molecular complexity index is 929. The normalized spacial score (nSPS) is 10.7. The van der Waals surface area contributed by atoms with Crippen molar-refractivity contribution < 1.29 is 9.13 Å². The number of thioether (sulfide) groups is 1. The quantitative estimate of drug-likeness (QED) is 0.410. The third-order valence-corrected chi connectivity index (χ3v) is 5.10. The molecule has 0 saturated carbocycles. The minimum atomic E-state index is -0.348. The van der Waals surface area contributed by atoms with Crippen LogP contribution in [0.1, 0.15) is 5.56 Å². The summed E-state index contributed by atoms with van der Waals surface area (Å²) in [5, 5.41) is 9.77. The first-order chi connectivity index (χ1) is 12.6. The van der Waals surface area contributed by atoms with Crippen LogP contribution in [0.5, 0.6) is 5.75 Å². The van der Waals surface area contributed by atoms with Crippen molar-refractivity contribution in [3.8, 4) is 17.1 Å². The van der Waals surface area contributed by atoms with Crippen molar-refractivity contribution in [3.63, 3.8) is 0 Å². The summed E-state index contributed by atoms with van der Waals surface area (Å²) in [7, 11) is 1.63. The van der Waals surface area contributed by atoms with Crippen molar-refractivity contribution in [1.29, 1.82) is 0 Å². The number of nitrogens with zero attached hydrogens (tertiary/aromatic N) is 3. The van der Waals surface area contributed by atoms with Crippen molar-refractivity contribution in [2.45, 2.75) is 17.5 Å². The van der Waals surface area contributed by atoms with Gasteiger partial charge in [0.25, 0.3) is 0 Å². The molecule has 1 aromatic heterocycles. The van der Waals surface area contributed by atoms with E-state index < -0.39 is 0 Å². The van der Waals surface area contributed by atoms with E-state index in [1.54, 1.807) is 19.3 Å². The monoisotopic (exact) mass is 389 g/mol. The first-order valence-corrected chi connectivity index (χ1v) is 9.24. The average molecular weight is 390 g/mol. The molecular formula is C19H17ClFN3OS. The number of allylic oxidation sites excluding steroid dienone is 1. The molecule has 134 valence electrons. The third kappa shape index (κ3) is 4.08. The van der Waals surface area contributed by atoms with Crippen LogP contribution in [-0.2, 0) is 12.3 Å². The van der Waals surface area contributed by atoms with Crippen LogP contribution in [0.15, 0.2) is 60.3 Å². The molecule has 0 saturated heterocycles. The van der Waals surface area contributed by atoms with Gasteiger partial charge in [0.1, 0.15) is 11.6 Å². The molecule has 0 unspecified atom stereocenters. The molecule has 0 fully saturated rings. The van der Waals surface area contributed by atoms with Gasteiger partial charge in [-0.3, -0.25) is 4.57 Å². The predicted octanol–water partition coefficient (Wildman–Crippen LogP) is 5.22. The topological polar surface area (TPSA) is 39.9 Å². The Morgan fingerprint density at radius 1 is 1.27 bits per heavy atom. The number of methoxy groups -OCH3 is 1. The molecule has 0 bridgehead atoms. The van der Waals surface area contributed by atoms with Gasteiger partial charge in [-0.15, -0.1) is 16.8 Å². The summed E-state index contributed by atoms with van der Waals surface area (Å²) >= 11 is 7.59. The molecule has 0 N–H and O–H groups in total. The molecular weight excluding hydrogens is 373 g/mol. The molecule has 0 aliphatic heterocycles. The van der Waals surface area contributed by atoms with Gasteiger partial charge < -0.3 is 4.74 Å². The molecule has 7 heteroatoms. The summed E-state index contributed by atoms with van der Waals surface area (Å²) in [5.41, 5.74) is 1.75. The van der Waals surface area contributed by atoms with Crippen LogP contribution in [0.25, 0.3) is 11.4 Å². The van der Waals surface area contributed by atoms with E-state index in [-0.39, 0.29) is 5.82 Å². The maximum Gasteiger partial charge on any atom is 0.192 e. The maximum absolute atomic E-state index is 13.2. The van der Waals surface area contributed by atoms with E-state index in [9.17, 15) is 4.39 Å². The van der Waals surface area contributed by atoms with Crippen LogP contribution in [0.4, 0.5) is 4.39 Å². The van der Waals surface area contributed by atoms with Gasteiger partial charge in [0.05, 0.1) is 7.11 Å². The van der Waals surface area contributed by atoms with E-state index in [4.69, 9.17) is 16.3 Å².